The van der Waals surface area contributed by atoms with E-state index in [0.717, 1.165) is 38.0 Å². The van der Waals surface area contributed by atoms with Crippen LogP contribution in [0.5, 0.6) is 0 Å². The topological polar surface area (TPSA) is 55.6 Å². The maximum Gasteiger partial charge on any atom is 0.327 e. The Morgan fingerprint density at radius 1 is 1.30 bits per heavy atom. The van der Waals surface area contributed by atoms with Crippen molar-refractivity contribution in [2.75, 3.05) is 19.6 Å². The van der Waals surface area contributed by atoms with E-state index in [1.165, 1.54) is 0 Å². The number of esters is 1. The van der Waals surface area contributed by atoms with Gasteiger partial charge in [0.1, 0.15) is 12.1 Å². The number of hydrogen-bond donors (Lipinski definition) is 1. The molecule has 1 aromatic rings. The number of carbonyl (C=O) groups is 1. The number of carbonyl (C=O) groups excluding carboxylic acids is 1. The van der Waals surface area contributed by atoms with Crippen LogP contribution in [0.15, 0.2) is 24.3 Å². The molecule has 1 unspecified atom stereocenters. The molecule has 3 saturated heterocycles. The molecule has 2 bridgehead atoms. The molecule has 4 nitrogen and oxygen atoms in total. The van der Waals surface area contributed by atoms with Gasteiger partial charge < -0.3 is 10.5 Å². The minimum absolute atomic E-state index is 0.00310. The Kier molecular flexibility index (Phi) is 3.96. The molecule has 0 amide bonds. The second-order valence-corrected chi connectivity index (χ2v) is 6.08. The monoisotopic (exact) mass is 294 g/mol. The molecule has 4 rings (SSSR count). The first-order valence-corrected chi connectivity index (χ1v) is 7.45. The van der Waals surface area contributed by atoms with Crippen LogP contribution in [0.2, 0.25) is 5.02 Å². The molecule has 3 aliphatic rings. The van der Waals surface area contributed by atoms with Crippen molar-refractivity contribution in [3.63, 3.8) is 0 Å². The van der Waals surface area contributed by atoms with Crippen molar-refractivity contribution in [2.24, 2.45) is 11.7 Å². The highest BCUT2D eigenvalue weighted by Gasteiger charge is 2.37. The molecule has 3 fully saturated rings. The summed E-state index contributed by atoms with van der Waals surface area (Å²) < 4.78 is 5.63. The number of ether oxygens (including phenoxy) is 1. The second kappa shape index (κ2) is 5.72. The molecule has 0 radical (unpaired) electrons. The van der Waals surface area contributed by atoms with Crippen LogP contribution < -0.4 is 5.73 Å². The molecule has 20 heavy (non-hydrogen) atoms. The number of fused-ring (bicyclic) bond motifs is 3. The fraction of sp³-hybridized carbons (Fsp3) is 0.533. The second-order valence-electron chi connectivity index (χ2n) is 5.64. The Labute approximate surface area is 123 Å². The number of rotatable bonds is 3. The molecular weight excluding hydrogens is 276 g/mol. The van der Waals surface area contributed by atoms with Crippen LogP contribution >= 0.6 is 11.6 Å². The van der Waals surface area contributed by atoms with Crippen molar-refractivity contribution in [2.45, 2.75) is 25.0 Å². The van der Waals surface area contributed by atoms with Gasteiger partial charge in [0.05, 0.1) is 0 Å². The van der Waals surface area contributed by atoms with Crippen molar-refractivity contribution in [3.8, 4) is 0 Å². The van der Waals surface area contributed by atoms with E-state index >= 15 is 0 Å². The van der Waals surface area contributed by atoms with Gasteiger partial charge in [-0.15, -0.1) is 0 Å². The van der Waals surface area contributed by atoms with E-state index in [9.17, 15) is 4.79 Å². The first-order valence-electron chi connectivity index (χ1n) is 7.07. The lowest BCUT2D eigenvalue weighted by Crippen LogP contribution is -2.52. The average molecular weight is 295 g/mol. The lowest BCUT2D eigenvalue weighted by atomic mass is 9.86. The number of halogens is 1. The molecule has 5 heteroatoms. The quantitative estimate of drug-likeness (QED) is 0.866. The van der Waals surface area contributed by atoms with Gasteiger partial charge in [-0.1, -0.05) is 23.7 Å². The molecule has 2 N–H and O–H groups in total. The maximum absolute atomic E-state index is 12.2. The van der Waals surface area contributed by atoms with Gasteiger partial charge in [0.15, 0.2) is 0 Å². The largest absolute Gasteiger partial charge is 0.459 e. The first kappa shape index (κ1) is 13.9. The summed E-state index contributed by atoms with van der Waals surface area (Å²) in [5, 5.41) is 0.631. The zero-order chi connectivity index (χ0) is 14.1. The maximum atomic E-state index is 12.2. The van der Waals surface area contributed by atoms with E-state index in [1.54, 1.807) is 24.3 Å². The molecule has 0 aromatic heterocycles. The smallest absolute Gasteiger partial charge is 0.327 e. The third kappa shape index (κ3) is 2.82. The Balaban J connectivity index is 1.62. The predicted molar refractivity (Wildman–Crippen MR) is 77.4 cm³/mol. The summed E-state index contributed by atoms with van der Waals surface area (Å²) >= 11 is 5.83. The van der Waals surface area contributed by atoms with Crippen molar-refractivity contribution in [1.82, 2.24) is 4.90 Å². The van der Waals surface area contributed by atoms with Crippen LogP contribution in [0.4, 0.5) is 0 Å². The van der Waals surface area contributed by atoms with Crippen molar-refractivity contribution in [1.29, 1.82) is 0 Å². The number of hydrogen-bond acceptors (Lipinski definition) is 4. The highest BCUT2D eigenvalue weighted by Crippen LogP contribution is 2.30. The van der Waals surface area contributed by atoms with Gasteiger partial charge in [0.25, 0.3) is 0 Å². The van der Waals surface area contributed by atoms with Crippen LogP contribution in [-0.4, -0.2) is 36.6 Å². The fourth-order valence-electron chi connectivity index (χ4n) is 3.07. The summed E-state index contributed by atoms with van der Waals surface area (Å²) in [6.07, 6.45) is 2.24. The zero-order valence-electron chi connectivity index (χ0n) is 11.3. The predicted octanol–water partition coefficient (Wildman–Crippen LogP) is 1.98. The van der Waals surface area contributed by atoms with Crippen LogP contribution in [0, 0.1) is 5.92 Å². The minimum Gasteiger partial charge on any atom is -0.459 e. The van der Waals surface area contributed by atoms with E-state index in [1.807, 2.05) is 0 Å². The molecule has 3 heterocycles. The third-order valence-corrected chi connectivity index (χ3v) is 4.60. The molecule has 0 aliphatic carbocycles. The molecule has 2 atom stereocenters. The molecule has 108 valence electrons. The highest BCUT2D eigenvalue weighted by atomic mass is 35.5. The Hall–Kier alpha value is -1.10. The molecular formula is C15H19ClN2O2. The molecule has 0 saturated carbocycles. The summed E-state index contributed by atoms with van der Waals surface area (Å²) in [5.41, 5.74) is 6.71. The van der Waals surface area contributed by atoms with Gasteiger partial charge in [0.2, 0.25) is 0 Å². The lowest BCUT2D eigenvalue weighted by Gasteiger charge is -2.44. The average Bonchev–Trinajstić information content (AvgIpc) is 2.48. The molecule has 3 aliphatic heterocycles. The Morgan fingerprint density at radius 3 is 2.50 bits per heavy atom. The van der Waals surface area contributed by atoms with E-state index in [2.05, 4.69) is 4.90 Å². The minimum atomic E-state index is -0.734. The van der Waals surface area contributed by atoms with Crippen molar-refractivity contribution in [3.05, 3.63) is 34.9 Å². The van der Waals surface area contributed by atoms with Crippen molar-refractivity contribution < 1.29 is 9.53 Å². The number of benzene rings is 1. The van der Waals surface area contributed by atoms with Crippen molar-refractivity contribution >= 4 is 17.6 Å². The first-order chi connectivity index (χ1) is 9.63. The SMILES string of the molecule is NC(C(=O)O[C@H]1CN2CCC1CC2)c1ccc(Cl)cc1. The van der Waals surface area contributed by atoms with E-state index in [4.69, 9.17) is 22.1 Å². The summed E-state index contributed by atoms with van der Waals surface area (Å²) in [6.45, 7) is 3.10. The van der Waals surface area contributed by atoms with E-state index < -0.39 is 6.04 Å². The van der Waals surface area contributed by atoms with Crippen LogP contribution in [0.3, 0.4) is 0 Å². The normalized spacial score (nSPS) is 30.0. The van der Waals surface area contributed by atoms with Crippen LogP contribution in [0.1, 0.15) is 24.4 Å². The lowest BCUT2D eigenvalue weighted by molar-refractivity contribution is -0.160. The van der Waals surface area contributed by atoms with Crippen LogP contribution in [0.25, 0.3) is 0 Å². The van der Waals surface area contributed by atoms with E-state index in [0.29, 0.717) is 10.9 Å². The summed E-state index contributed by atoms with van der Waals surface area (Å²) in [4.78, 5) is 14.5. The third-order valence-electron chi connectivity index (χ3n) is 4.35. The Bertz CT molecular complexity index is 483. The summed E-state index contributed by atoms with van der Waals surface area (Å²) in [7, 11) is 0. The number of nitrogens with two attached hydrogens (primary N) is 1. The van der Waals surface area contributed by atoms with Gasteiger partial charge >= 0.3 is 5.97 Å². The highest BCUT2D eigenvalue weighted by molar-refractivity contribution is 6.30. The van der Waals surface area contributed by atoms with Gasteiger partial charge in [0, 0.05) is 11.6 Å². The van der Waals surface area contributed by atoms with Gasteiger partial charge in [-0.2, -0.15) is 0 Å². The Morgan fingerprint density at radius 2 is 1.95 bits per heavy atom. The number of nitrogens with zero attached hydrogens (tertiary/aromatic N) is 1. The van der Waals surface area contributed by atoms with Crippen LogP contribution in [-0.2, 0) is 9.53 Å². The summed E-state index contributed by atoms with van der Waals surface area (Å²) in [5.74, 6) is 0.160. The standard InChI is InChI=1S/C15H19ClN2O2/c16-12-3-1-11(2-4-12)14(17)15(19)20-13-9-18-7-5-10(13)6-8-18/h1-4,10,13-14H,5-9,17H2/t13-,14?/m0/s1. The van der Waals surface area contributed by atoms with Gasteiger partial charge in [-0.05, 0) is 49.5 Å². The van der Waals surface area contributed by atoms with Gasteiger partial charge in [-0.25, -0.2) is 4.79 Å². The number of piperidine rings is 3. The van der Waals surface area contributed by atoms with E-state index in [-0.39, 0.29) is 12.1 Å². The molecule has 0 spiro atoms. The zero-order valence-corrected chi connectivity index (χ0v) is 12.1. The molecule has 1 aromatic carbocycles. The van der Waals surface area contributed by atoms with Gasteiger partial charge in [-0.3, -0.25) is 4.90 Å². The summed E-state index contributed by atoms with van der Waals surface area (Å²) in [6, 6.07) is 6.27. The fourth-order valence-corrected chi connectivity index (χ4v) is 3.20.